The van der Waals surface area contributed by atoms with Gasteiger partial charge in [0.2, 0.25) is 0 Å². The van der Waals surface area contributed by atoms with Crippen LogP contribution in [0.5, 0.6) is 11.5 Å². The first kappa shape index (κ1) is 48.5. The number of carboxylic acid groups (broad SMARTS) is 4. The SMILES string of the molecule is COc1ccccc1COCCCCCCNCCSSCCNCCCCCCOCc1ccccc1OC.O=C(O)C(=O)O.O=C(O)C(=O)O. The molecule has 0 spiro atoms. The van der Waals surface area contributed by atoms with Crippen molar-refractivity contribution >= 4 is 45.5 Å². The lowest BCUT2D eigenvalue weighted by molar-refractivity contribution is -0.159. The van der Waals surface area contributed by atoms with E-state index < -0.39 is 23.9 Å². The fourth-order valence-electron chi connectivity index (χ4n) is 4.22. The Balaban J connectivity index is 0.00000185. The smallest absolute Gasteiger partial charge is 0.414 e. The van der Waals surface area contributed by atoms with Crippen LogP contribution in [-0.2, 0) is 41.9 Å². The topological polar surface area (TPSA) is 210 Å². The van der Waals surface area contributed by atoms with E-state index in [1.54, 1.807) is 14.2 Å². The molecule has 0 heterocycles. The average Bonchev–Trinajstić information content (AvgIpc) is 3.14. The molecule has 0 amide bonds. The highest BCUT2D eigenvalue weighted by Gasteiger charge is 2.05. The van der Waals surface area contributed by atoms with E-state index in [-0.39, 0.29) is 0 Å². The minimum atomic E-state index is -1.82. The predicted molar refractivity (Wildman–Crippen MR) is 203 cm³/mol. The molecular formula is C36H56N2O12S2. The summed E-state index contributed by atoms with van der Waals surface area (Å²) < 4.78 is 22.3. The van der Waals surface area contributed by atoms with Crippen molar-refractivity contribution in [2.75, 3.05) is 65.1 Å². The van der Waals surface area contributed by atoms with Gasteiger partial charge in [0.15, 0.2) is 0 Å². The Kier molecular flexibility index (Phi) is 32.2. The van der Waals surface area contributed by atoms with E-state index in [2.05, 4.69) is 22.8 Å². The van der Waals surface area contributed by atoms with Gasteiger partial charge in [-0.2, -0.15) is 0 Å². The summed E-state index contributed by atoms with van der Waals surface area (Å²) in [5.41, 5.74) is 2.24. The molecule has 294 valence electrons. The maximum atomic E-state index is 9.10. The van der Waals surface area contributed by atoms with Crippen molar-refractivity contribution in [1.29, 1.82) is 0 Å². The van der Waals surface area contributed by atoms with Crippen LogP contribution in [0.2, 0.25) is 0 Å². The van der Waals surface area contributed by atoms with Gasteiger partial charge in [-0.3, -0.25) is 0 Å². The number of unbranched alkanes of at least 4 members (excludes halogenated alkanes) is 6. The van der Waals surface area contributed by atoms with E-state index in [0.717, 1.165) is 74.9 Å². The number of benzene rings is 2. The van der Waals surface area contributed by atoms with Gasteiger partial charge in [-0.05, 0) is 50.9 Å². The van der Waals surface area contributed by atoms with E-state index >= 15 is 0 Å². The summed E-state index contributed by atoms with van der Waals surface area (Å²) in [6.07, 6.45) is 9.70. The zero-order chi connectivity index (χ0) is 38.7. The molecule has 0 fully saturated rings. The second-order valence-electron chi connectivity index (χ2n) is 10.9. The van der Waals surface area contributed by atoms with Crippen LogP contribution in [0, 0.1) is 0 Å². The highest BCUT2D eigenvalue weighted by molar-refractivity contribution is 8.76. The number of aliphatic carboxylic acids is 4. The highest BCUT2D eigenvalue weighted by Crippen LogP contribution is 2.20. The van der Waals surface area contributed by atoms with Crippen LogP contribution in [0.4, 0.5) is 0 Å². The normalized spacial score (nSPS) is 10.3. The van der Waals surface area contributed by atoms with Crippen LogP contribution in [0.3, 0.4) is 0 Å². The summed E-state index contributed by atoms with van der Waals surface area (Å²) in [7, 11) is 7.37. The number of methoxy groups -OCH3 is 2. The quantitative estimate of drug-likeness (QED) is 0.0380. The van der Waals surface area contributed by atoms with Crippen LogP contribution in [0.15, 0.2) is 48.5 Å². The standard InChI is InChI=1S/C32H52N2O4S2.2C2H2O4/c1-35-31-17-9-7-15-29(31)27-37-23-13-5-3-11-19-33-21-25-39-40-26-22-34-20-12-4-6-14-24-38-28-30-16-8-10-18-32(30)36-2;2*3-1(4)2(5)6/h7-10,15-18,33-34H,3-6,11-14,19-28H2,1-2H3;2*(H,3,4)(H,5,6). The maximum absolute atomic E-state index is 9.10. The lowest BCUT2D eigenvalue weighted by Crippen LogP contribution is -2.19. The van der Waals surface area contributed by atoms with Gasteiger partial charge in [0, 0.05) is 48.9 Å². The van der Waals surface area contributed by atoms with Gasteiger partial charge >= 0.3 is 23.9 Å². The maximum Gasteiger partial charge on any atom is 0.414 e. The lowest BCUT2D eigenvalue weighted by Gasteiger charge is -2.09. The van der Waals surface area contributed by atoms with Gasteiger partial charge in [-0.25, -0.2) is 19.2 Å². The zero-order valence-electron chi connectivity index (χ0n) is 30.2. The molecule has 0 bridgehead atoms. The van der Waals surface area contributed by atoms with Crippen molar-refractivity contribution < 1.29 is 58.6 Å². The molecule has 14 nitrogen and oxygen atoms in total. The van der Waals surface area contributed by atoms with Crippen molar-refractivity contribution in [3.05, 3.63) is 59.7 Å². The number of ether oxygens (including phenoxy) is 4. The van der Waals surface area contributed by atoms with Crippen molar-refractivity contribution in [3.63, 3.8) is 0 Å². The van der Waals surface area contributed by atoms with Gasteiger partial charge in [0.1, 0.15) is 11.5 Å². The second-order valence-corrected chi connectivity index (χ2v) is 13.6. The van der Waals surface area contributed by atoms with E-state index in [0.29, 0.717) is 13.2 Å². The van der Waals surface area contributed by atoms with Crippen LogP contribution < -0.4 is 20.1 Å². The summed E-state index contributed by atoms with van der Waals surface area (Å²) in [4.78, 5) is 36.4. The predicted octanol–water partition coefficient (Wildman–Crippen LogP) is 5.43. The molecule has 0 unspecified atom stereocenters. The Morgan fingerprint density at radius 2 is 0.865 bits per heavy atom. The van der Waals surface area contributed by atoms with Crippen molar-refractivity contribution in [3.8, 4) is 11.5 Å². The number of hydrogen-bond acceptors (Lipinski definition) is 12. The van der Waals surface area contributed by atoms with Gasteiger partial charge in [-0.15, -0.1) is 0 Å². The second kappa shape index (κ2) is 34.5. The molecule has 2 rings (SSSR count). The van der Waals surface area contributed by atoms with Crippen LogP contribution in [0.1, 0.15) is 62.5 Å². The van der Waals surface area contributed by atoms with E-state index in [4.69, 9.17) is 58.6 Å². The summed E-state index contributed by atoms with van der Waals surface area (Å²) in [6.45, 7) is 7.30. The molecule has 2 aromatic carbocycles. The Morgan fingerprint density at radius 3 is 1.21 bits per heavy atom. The molecular weight excluding hydrogens is 717 g/mol. The first-order valence-electron chi connectivity index (χ1n) is 17.1. The molecule has 0 aromatic heterocycles. The van der Waals surface area contributed by atoms with Crippen molar-refractivity contribution in [2.45, 2.75) is 64.6 Å². The van der Waals surface area contributed by atoms with Crippen LogP contribution >= 0.6 is 21.6 Å². The van der Waals surface area contributed by atoms with Crippen molar-refractivity contribution in [2.24, 2.45) is 0 Å². The number of carboxylic acids is 4. The molecule has 16 heteroatoms. The molecule has 52 heavy (non-hydrogen) atoms. The Labute approximate surface area is 314 Å². The average molecular weight is 773 g/mol. The largest absolute Gasteiger partial charge is 0.496 e. The molecule has 2 aromatic rings. The molecule has 0 radical (unpaired) electrons. The van der Waals surface area contributed by atoms with Gasteiger partial charge in [-0.1, -0.05) is 83.7 Å². The van der Waals surface area contributed by atoms with E-state index in [1.807, 2.05) is 58.0 Å². The summed E-state index contributed by atoms with van der Waals surface area (Å²) in [6, 6.07) is 16.1. The fraction of sp³-hybridized carbons (Fsp3) is 0.556. The summed E-state index contributed by atoms with van der Waals surface area (Å²) in [5.74, 6) is -3.15. The van der Waals surface area contributed by atoms with Crippen molar-refractivity contribution in [1.82, 2.24) is 10.6 Å². The number of rotatable bonds is 27. The molecule has 0 aliphatic rings. The number of para-hydroxylation sites is 2. The minimum absolute atomic E-state index is 0.626. The molecule has 0 saturated carbocycles. The molecule has 0 atom stereocenters. The number of carbonyl (C=O) groups is 4. The first-order chi connectivity index (χ1) is 25.1. The van der Waals surface area contributed by atoms with Gasteiger partial charge < -0.3 is 50.0 Å². The highest BCUT2D eigenvalue weighted by atomic mass is 33.1. The number of hydrogen-bond donors (Lipinski definition) is 6. The Bertz CT molecular complexity index is 1120. The lowest BCUT2D eigenvalue weighted by atomic mass is 10.2. The summed E-state index contributed by atoms with van der Waals surface area (Å²) in [5, 5.41) is 36.7. The molecule has 0 saturated heterocycles. The summed E-state index contributed by atoms with van der Waals surface area (Å²) >= 11 is 0. The van der Waals surface area contributed by atoms with E-state index in [1.165, 1.54) is 50.0 Å². The van der Waals surface area contributed by atoms with Crippen LogP contribution in [0.25, 0.3) is 0 Å². The third kappa shape index (κ3) is 29.1. The Morgan fingerprint density at radius 1 is 0.519 bits per heavy atom. The molecule has 0 aliphatic heterocycles. The minimum Gasteiger partial charge on any atom is -0.496 e. The van der Waals surface area contributed by atoms with Gasteiger partial charge in [0.25, 0.3) is 0 Å². The fourth-order valence-corrected chi connectivity index (χ4v) is 6.12. The number of nitrogens with one attached hydrogen (secondary N) is 2. The van der Waals surface area contributed by atoms with Crippen LogP contribution in [-0.4, -0.2) is 109 Å². The third-order valence-corrected chi connectivity index (χ3v) is 9.27. The first-order valence-corrected chi connectivity index (χ1v) is 19.6. The molecule has 6 N–H and O–H groups in total. The zero-order valence-corrected chi connectivity index (χ0v) is 31.9. The Hall–Kier alpha value is -3.54. The third-order valence-electron chi connectivity index (χ3n) is 6.86. The van der Waals surface area contributed by atoms with E-state index in [9.17, 15) is 0 Å². The van der Waals surface area contributed by atoms with Gasteiger partial charge in [0.05, 0.1) is 27.4 Å². The molecule has 0 aliphatic carbocycles. The monoisotopic (exact) mass is 772 g/mol.